The third-order valence-corrected chi connectivity index (χ3v) is 7.87. The Morgan fingerprint density at radius 2 is 1.90 bits per heavy atom. The number of hydrogen-bond acceptors (Lipinski definition) is 7. The molecular weight excluding hydrogens is 416 g/mol. The summed E-state index contributed by atoms with van der Waals surface area (Å²) in [6.07, 6.45) is 4.19. The number of aliphatic hydroxyl groups excluding tert-OH is 3. The number of alkyl halides is 1. The zero-order valence-corrected chi connectivity index (χ0v) is 18.7. The van der Waals surface area contributed by atoms with Crippen molar-refractivity contribution >= 4 is 29.3 Å². The van der Waals surface area contributed by atoms with Crippen molar-refractivity contribution in [2.24, 2.45) is 11.8 Å². The van der Waals surface area contributed by atoms with Crippen LogP contribution in [-0.2, 0) is 9.53 Å². The van der Waals surface area contributed by atoms with E-state index in [0.29, 0.717) is 5.92 Å². The minimum atomic E-state index is -1.36. The molecule has 3 rings (SSSR count). The molecule has 0 aromatic rings. The van der Waals surface area contributed by atoms with E-state index >= 15 is 0 Å². The van der Waals surface area contributed by atoms with E-state index in [0.717, 1.165) is 25.3 Å². The van der Waals surface area contributed by atoms with Gasteiger partial charge in [-0.05, 0) is 44.4 Å². The van der Waals surface area contributed by atoms with Crippen LogP contribution in [-0.4, -0.2) is 81.3 Å². The van der Waals surface area contributed by atoms with E-state index in [9.17, 15) is 20.1 Å². The fraction of sp³-hybridized carbons (Fsp3) is 0.950. The van der Waals surface area contributed by atoms with E-state index in [-0.39, 0.29) is 11.9 Å². The normalized spacial score (nSPS) is 40.3. The Bertz CT molecular complexity index is 551. The number of rotatable bonds is 8. The van der Waals surface area contributed by atoms with Crippen LogP contribution < -0.4 is 10.6 Å². The van der Waals surface area contributed by atoms with Gasteiger partial charge >= 0.3 is 0 Å². The van der Waals surface area contributed by atoms with Crippen LogP contribution in [0.2, 0.25) is 0 Å². The molecule has 1 saturated carbocycles. The number of halogens is 1. The number of carbonyl (C=O) groups is 1. The average molecular weight is 451 g/mol. The van der Waals surface area contributed by atoms with E-state index in [1.165, 1.54) is 37.4 Å². The lowest BCUT2D eigenvalue weighted by Crippen LogP contribution is -2.65. The summed E-state index contributed by atoms with van der Waals surface area (Å²) in [6, 6.07) is -0.973. The Labute approximate surface area is 182 Å². The molecule has 168 valence electrons. The zero-order valence-electron chi connectivity index (χ0n) is 17.2. The minimum absolute atomic E-state index is 0.161. The molecule has 0 aromatic carbocycles. The third kappa shape index (κ3) is 5.59. The van der Waals surface area contributed by atoms with Crippen molar-refractivity contribution in [3.05, 3.63) is 0 Å². The first-order valence-electron chi connectivity index (χ1n) is 10.7. The number of thioether (sulfide) groups is 1. The molecule has 1 unspecified atom stereocenters. The molecule has 3 aliphatic rings. The molecule has 0 bridgehead atoms. The topological polar surface area (TPSA) is 111 Å². The summed E-state index contributed by atoms with van der Waals surface area (Å²) in [7, 11) is 0. The number of hydrogen-bond donors (Lipinski definition) is 5. The largest absolute Gasteiger partial charge is 0.388 e. The van der Waals surface area contributed by atoms with Crippen LogP contribution in [0.15, 0.2) is 0 Å². The molecule has 7 nitrogen and oxygen atoms in total. The molecule has 0 spiro atoms. The zero-order chi connectivity index (χ0) is 21.1. The Morgan fingerprint density at radius 1 is 1.21 bits per heavy atom. The van der Waals surface area contributed by atoms with Gasteiger partial charge in [0.15, 0.2) is 0 Å². The Morgan fingerprint density at radius 3 is 2.48 bits per heavy atom. The molecule has 1 aliphatic carbocycles. The predicted molar refractivity (Wildman–Crippen MR) is 114 cm³/mol. The molecule has 3 fully saturated rings. The highest BCUT2D eigenvalue weighted by molar-refractivity contribution is 7.99. The lowest BCUT2D eigenvalue weighted by atomic mass is 9.80. The van der Waals surface area contributed by atoms with E-state index in [2.05, 4.69) is 10.6 Å². The Hall–Kier alpha value is -0.0900. The van der Waals surface area contributed by atoms with Gasteiger partial charge in [0.25, 0.3) is 0 Å². The molecular formula is C20H35ClN2O5S. The SMILES string of the molecule is CS[C@H]1OC([C@H](NC(=O)[C@@H]2C[C@@H](CCC3CCC3)CN2)[C@H](C)Cl)[C@H](O)[C@H](O)[C@H]1O. The van der Waals surface area contributed by atoms with E-state index in [1.807, 2.05) is 0 Å². The summed E-state index contributed by atoms with van der Waals surface area (Å²) < 4.78 is 5.81. The highest BCUT2D eigenvalue weighted by Crippen LogP contribution is 2.33. The number of aliphatic hydroxyl groups is 3. The van der Waals surface area contributed by atoms with Crippen LogP contribution in [0, 0.1) is 11.8 Å². The van der Waals surface area contributed by atoms with Gasteiger partial charge in [0.1, 0.15) is 29.9 Å². The van der Waals surface area contributed by atoms with E-state index < -0.39 is 41.3 Å². The van der Waals surface area contributed by atoms with Gasteiger partial charge in [-0.2, -0.15) is 0 Å². The summed E-state index contributed by atoms with van der Waals surface area (Å²) in [5.41, 5.74) is -0.700. The smallest absolute Gasteiger partial charge is 0.237 e. The molecule has 29 heavy (non-hydrogen) atoms. The predicted octanol–water partition coefficient (Wildman–Crippen LogP) is 0.827. The number of ether oxygens (including phenoxy) is 1. The first-order chi connectivity index (χ1) is 13.8. The molecule has 0 radical (unpaired) electrons. The van der Waals surface area contributed by atoms with Crippen LogP contribution in [0.4, 0.5) is 0 Å². The summed E-state index contributed by atoms with van der Waals surface area (Å²) in [5.74, 6) is 1.22. The van der Waals surface area contributed by atoms with Gasteiger partial charge in [-0.3, -0.25) is 4.79 Å². The second-order valence-corrected chi connectivity index (χ2v) is 10.4. The van der Waals surface area contributed by atoms with Crippen LogP contribution in [0.3, 0.4) is 0 Å². The molecule has 9 heteroatoms. The maximum absolute atomic E-state index is 12.9. The molecule has 2 heterocycles. The summed E-state index contributed by atoms with van der Waals surface area (Å²) in [4.78, 5) is 12.9. The highest BCUT2D eigenvalue weighted by Gasteiger charge is 2.48. The quantitative estimate of drug-likeness (QED) is 0.348. The van der Waals surface area contributed by atoms with Crippen molar-refractivity contribution in [1.29, 1.82) is 0 Å². The van der Waals surface area contributed by atoms with Crippen LogP contribution >= 0.6 is 23.4 Å². The molecule has 9 atom stereocenters. The second-order valence-electron chi connectivity index (χ2n) is 8.83. The number of carbonyl (C=O) groups excluding carboxylic acids is 1. The van der Waals surface area contributed by atoms with Crippen molar-refractivity contribution in [3.63, 3.8) is 0 Å². The Balaban J connectivity index is 1.56. The maximum atomic E-state index is 12.9. The van der Waals surface area contributed by atoms with Gasteiger partial charge in [0.2, 0.25) is 5.91 Å². The molecule has 2 saturated heterocycles. The third-order valence-electron chi connectivity index (χ3n) is 6.74. The van der Waals surface area contributed by atoms with E-state index in [1.54, 1.807) is 13.2 Å². The average Bonchev–Trinajstić information content (AvgIpc) is 3.12. The summed E-state index contributed by atoms with van der Waals surface area (Å²) in [5, 5.41) is 36.4. The van der Waals surface area contributed by atoms with Gasteiger partial charge in [0, 0.05) is 0 Å². The number of amides is 1. The van der Waals surface area contributed by atoms with Crippen molar-refractivity contribution < 1.29 is 24.9 Å². The van der Waals surface area contributed by atoms with Gasteiger partial charge in [-0.15, -0.1) is 23.4 Å². The Kier molecular flexibility index (Phi) is 8.52. The van der Waals surface area contributed by atoms with E-state index in [4.69, 9.17) is 16.3 Å². The van der Waals surface area contributed by atoms with Gasteiger partial charge in [0.05, 0.1) is 17.5 Å². The fourth-order valence-electron chi connectivity index (χ4n) is 4.57. The molecule has 1 amide bonds. The monoisotopic (exact) mass is 450 g/mol. The number of nitrogens with one attached hydrogen (secondary N) is 2. The summed E-state index contributed by atoms with van der Waals surface area (Å²) in [6.45, 7) is 2.56. The van der Waals surface area contributed by atoms with Gasteiger partial charge < -0.3 is 30.7 Å². The van der Waals surface area contributed by atoms with Gasteiger partial charge in [-0.25, -0.2) is 0 Å². The first kappa shape index (κ1) is 23.6. The second kappa shape index (κ2) is 10.5. The van der Waals surface area contributed by atoms with Crippen molar-refractivity contribution in [1.82, 2.24) is 10.6 Å². The van der Waals surface area contributed by atoms with Crippen molar-refractivity contribution in [2.75, 3.05) is 12.8 Å². The molecule has 0 aromatic heterocycles. The molecule has 2 aliphatic heterocycles. The lowest BCUT2D eigenvalue weighted by molar-refractivity contribution is -0.205. The minimum Gasteiger partial charge on any atom is -0.388 e. The van der Waals surface area contributed by atoms with Crippen molar-refractivity contribution in [3.8, 4) is 0 Å². The van der Waals surface area contributed by atoms with Crippen LogP contribution in [0.1, 0.15) is 45.4 Å². The first-order valence-corrected chi connectivity index (χ1v) is 12.4. The van der Waals surface area contributed by atoms with Crippen LogP contribution in [0.5, 0.6) is 0 Å². The molecule has 5 N–H and O–H groups in total. The lowest BCUT2D eigenvalue weighted by Gasteiger charge is -2.44. The highest BCUT2D eigenvalue weighted by atomic mass is 35.5. The van der Waals surface area contributed by atoms with Gasteiger partial charge in [-0.1, -0.05) is 25.7 Å². The maximum Gasteiger partial charge on any atom is 0.237 e. The standard InChI is InChI=1S/C20H35ClN2O5S/c1-10(21)14(18-16(25)15(24)17(26)20(28-18)29-2)23-19(27)13-8-12(9-22-13)7-6-11-4-3-5-11/h10-18,20,22,24-26H,3-9H2,1-2H3,(H,23,27)/t10-,12+,13-,14+,15-,16+,17+,18?,20+/m0/s1. The van der Waals surface area contributed by atoms with Crippen LogP contribution in [0.25, 0.3) is 0 Å². The summed E-state index contributed by atoms with van der Waals surface area (Å²) >= 11 is 7.57. The fourth-order valence-corrected chi connectivity index (χ4v) is 5.46. The van der Waals surface area contributed by atoms with Crippen molar-refractivity contribution in [2.45, 2.75) is 92.8 Å².